The molecule has 0 aliphatic carbocycles. The van der Waals surface area contributed by atoms with Gasteiger partial charge in [0.25, 0.3) is 11.8 Å². The lowest BCUT2D eigenvalue weighted by Crippen LogP contribution is -2.49. The molecule has 10 nitrogen and oxygen atoms in total. The number of benzene rings is 1. The topological polar surface area (TPSA) is 123 Å². The van der Waals surface area contributed by atoms with Crippen LogP contribution in [0.4, 0.5) is 4.79 Å². The van der Waals surface area contributed by atoms with E-state index in [1.807, 2.05) is 6.92 Å². The van der Waals surface area contributed by atoms with E-state index in [2.05, 4.69) is 10.7 Å². The van der Waals surface area contributed by atoms with Gasteiger partial charge in [-0.3, -0.25) is 15.0 Å². The average Bonchev–Trinajstić information content (AvgIpc) is 2.95. The first-order chi connectivity index (χ1) is 14.2. The first-order valence-corrected chi connectivity index (χ1v) is 9.36. The number of nitrogens with one attached hydrogen (secondary N) is 2. The van der Waals surface area contributed by atoms with E-state index in [4.69, 9.17) is 14.2 Å². The van der Waals surface area contributed by atoms with Gasteiger partial charge in [-0.2, -0.15) is 5.01 Å². The molecule has 1 aromatic carbocycles. The van der Waals surface area contributed by atoms with Crippen LogP contribution in [0.3, 0.4) is 0 Å². The molecule has 162 valence electrons. The van der Waals surface area contributed by atoms with Crippen LogP contribution in [-0.2, 0) is 19.1 Å². The number of esters is 1. The molecule has 0 bridgehead atoms. The Bertz CT molecular complexity index is 868. The summed E-state index contributed by atoms with van der Waals surface area (Å²) in [5.41, 5.74) is 1.71. The zero-order valence-corrected chi connectivity index (χ0v) is 17.3. The van der Waals surface area contributed by atoms with Crippen LogP contribution in [0, 0.1) is 0 Å². The van der Waals surface area contributed by atoms with Crippen molar-refractivity contribution >= 4 is 29.9 Å². The van der Waals surface area contributed by atoms with Crippen LogP contribution in [-0.4, -0.2) is 54.7 Å². The van der Waals surface area contributed by atoms with E-state index >= 15 is 0 Å². The molecule has 1 aliphatic rings. The highest BCUT2D eigenvalue weighted by molar-refractivity contribution is 6.07. The number of ether oxygens (including phenoxy) is 3. The largest absolute Gasteiger partial charge is 0.493 e. The number of hydrogen-bond donors (Lipinski definition) is 2. The van der Waals surface area contributed by atoms with Gasteiger partial charge in [-0.15, -0.1) is 0 Å². The van der Waals surface area contributed by atoms with Crippen molar-refractivity contribution in [3.63, 3.8) is 0 Å². The van der Waals surface area contributed by atoms with Crippen molar-refractivity contribution in [2.75, 3.05) is 20.3 Å². The smallest absolute Gasteiger partial charge is 0.344 e. The highest BCUT2D eigenvalue weighted by Crippen LogP contribution is 2.28. The predicted octanol–water partition coefficient (Wildman–Crippen LogP) is 1.40. The maximum atomic E-state index is 12.2. The minimum Gasteiger partial charge on any atom is -0.493 e. The summed E-state index contributed by atoms with van der Waals surface area (Å²) >= 11 is 0. The minimum atomic E-state index is -1.08. The van der Waals surface area contributed by atoms with Gasteiger partial charge in [0.1, 0.15) is 5.54 Å². The molecule has 1 aromatic rings. The van der Waals surface area contributed by atoms with Crippen LogP contribution in [0.5, 0.6) is 11.5 Å². The second-order valence-electron chi connectivity index (χ2n) is 6.58. The molecule has 1 fully saturated rings. The Morgan fingerprint density at radius 3 is 2.57 bits per heavy atom. The maximum absolute atomic E-state index is 12.2. The summed E-state index contributed by atoms with van der Waals surface area (Å²) in [6, 6.07) is 4.38. The molecule has 1 heterocycles. The van der Waals surface area contributed by atoms with Gasteiger partial charge in [0.15, 0.2) is 18.1 Å². The molecule has 0 saturated carbocycles. The van der Waals surface area contributed by atoms with Crippen molar-refractivity contribution in [1.29, 1.82) is 0 Å². The number of carbonyl (C=O) groups excluding carboxylic acids is 4. The summed E-state index contributed by atoms with van der Waals surface area (Å²) in [5.74, 6) is -1.08. The van der Waals surface area contributed by atoms with Crippen molar-refractivity contribution in [2.45, 2.75) is 32.7 Å². The Kier molecular flexibility index (Phi) is 7.40. The molecule has 2 N–H and O–H groups in total. The van der Waals surface area contributed by atoms with Crippen LogP contribution >= 0.6 is 0 Å². The predicted molar refractivity (Wildman–Crippen MR) is 106 cm³/mol. The van der Waals surface area contributed by atoms with Gasteiger partial charge in [0.2, 0.25) is 0 Å². The number of imide groups is 1. The van der Waals surface area contributed by atoms with Crippen molar-refractivity contribution in [3.8, 4) is 11.5 Å². The van der Waals surface area contributed by atoms with Crippen LogP contribution in [0.2, 0.25) is 0 Å². The third-order valence-electron chi connectivity index (χ3n) is 4.45. The molecule has 0 radical (unpaired) electrons. The summed E-state index contributed by atoms with van der Waals surface area (Å²) in [6.07, 6.45) is 2.99. The molecule has 1 atom stereocenters. The first kappa shape index (κ1) is 22.7. The molecule has 0 spiro atoms. The van der Waals surface area contributed by atoms with Crippen molar-refractivity contribution in [2.24, 2.45) is 0 Å². The molecule has 4 amide bonds. The molecule has 1 unspecified atom stereocenters. The van der Waals surface area contributed by atoms with E-state index in [0.717, 1.165) is 6.08 Å². The lowest BCUT2D eigenvalue weighted by atomic mass is 10.00. The van der Waals surface area contributed by atoms with Gasteiger partial charge in [0, 0.05) is 6.08 Å². The van der Waals surface area contributed by atoms with Gasteiger partial charge in [-0.25, -0.2) is 9.59 Å². The van der Waals surface area contributed by atoms with E-state index in [9.17, 15) is 19.2 Å². The Labute approximate surface area is 174 Å². The third-order valence-corrected chi connectivity index (χ3v) is 4.45. The second-order valence-corrected chi connectivity index (χ2v) is 6.58. The van der Waals surface area contributed by atoms with Gasteiger partial charge in [-0.1, -0.05) is 13.0 Å². The van der Waals surface area contributed by atoms with Crippen LogP contribution < -0.4 is 20.2 Å². The molecule has 0 aromatic heterocycles. The summed E-state index contributed by atoms with van der Waals surface area (Å²) in [4.78, 5) is 47.8. The summed E-state index contributed by atoms with van der Waals surface area (Å²) in [7, 11) is 1.51. The number of nitrogens with zero attached hydrogens (tertiary/aromatic N) is 1. The number of hydrazine groups is 1. The maximum Gasteiger partial charge on any atom is 0.344 e. The molecular weight excluding hydrogens is 394 g/mol. The Morgan fingerprint density at radius 1 is 1.23 bits per heavy atom. The molecule has 30 heavy (non-hydrogen) atoms. The number of hydrogen-bond acceptors (Lipinski definition) is 7. The van der Waals surface area contributed by atoms with Crippen molar-refractivity contribution < 1.29 is 33.4 Å². The fraction of sp³-hybridized carbons (Fsp3) is 0.400. The molecule has 2 rings (SSSR count). The van der Waals surface area contributed by atoms with E-state index in [0.29, 0.717) is 35.1 Å². The number of amides is 4. The number of carbonyl (C=O) groups is 4. The molecular formula is C20H25N3O7. The second kappa shape index (κ2) is 9.77. The molecule has 10 heteroatoms. The first-order valence-electron chi connectivity index (χ1n) is 9.36. The number of rotatable bonds is 9. The Morgan fingerprint density at radius 2 is 1.97 bits per heavy atom. The minimum absolute atomic E-state index is 0.361. The van der Waals surface area contributed by atoms with Crippen LogP contribution in [0.15, 0.2) is 24.3 Å². The summed E-state index contributed by atoms with van der Waals surface area (Å²) in [5, 5.41) is 3.08. The quantitative estimate of drug-likeness (QED) is 0.352. The molecule has 1 saturated heterocycles. The Hall–Kier alpha value is -3.56. The van der Waals surface area contributed by atoms with Gasteiger partial charge < -0.3 is 19.5 Å². The van der Waals surface area contributed by atoms with Crippen LogP contribution in [0.1, 0.15) is 32.8 Å². The zero-order chi connectivity index (χ0) is 22.3. The molecule has 1 aliphatic heterocycles. The van der Waals surface area contributed by atoms with E-state index < -0.39 is 36.0 Å². The average molecular weight is 419 g/mol. The Balaban J connectivity index is 1.88. The third kappa shape index (κ3) is 5.28. The van der Waals surface area contributed by atoms with Crippen LogP contribution in [0.25, 0.3) is 6.08 Å². The highest BCUT2D eigenvalue weighted by Gasteiger charge is 2.47. The standard InChI is InChI=1S/C20H25N3O7/c1-5-20(3)18(26)23(19(27)21-20)22-16(24)12-30-17(25)10-8-13-7-9-14(29-6-2)15(11-13)28-4/h7-11H,5-6,12H2,1-4H3,(H,21,27)(H,22,24). The van der Waals surface area contributed by atoms with Crippen molar-refractivity contribution in [3.05, 3.63) is 29.8 Å². The van der Waals surface area contributed by atoms with E-state index in [1.165, 1.54) is 13.2 Å². The van der Waals surface area contributed by atoms with Gasteiger partial charge in [-0.05, 0) is 44.0 Å². The fourth-order valence-electron chi connectivity index (χ4n) is 2.59. The monoisotopic (exact) mass is 419 g/mol. The SMILES string of the molecule is CCOc1ccc(C=CC(=O)OCC(=O)NN2C(=O)NC(C)(CC)C2=O)cc1OC. The van der Waals surface area contributed by atoms with E-state index in [-0.39, 0.29) is 0 Å². The van der Waals surface area contributed by atoms with Crippen molar-refractivity contribution in [1.82, 2.24) is 15.8 Å². The number of methoxy groups -OCH3 is 1. The van der Waals surface area contributed by atoms with E-state index in [1.54, 1.807) is 32.0 Å². The normalized spacial score (nSPS) is 18.3. The fourth-order valence-corrected chi connectivity index (χ4v) is 2.59. The van der Waals surface area contributed by atoms with Gasteiger partial charge in [0.05, 0.1) is 13.7 Å². The summed E-state index contributed by atoms with van der Waals surface area (Å²) in [6.45, 7) is 4.98. The lowest BCUT2D eigenvalue weighted by molar-refractivity contribution is -0.147. The number of urea groups is 1. The summed E-state index contributed by atoms with van der Waals surface area (Å²) < 4.78 is 15.5. The zero-order valence-electron chi connectivity index (χ0n) is 17.3. The highest BCUT2D eigenvalue weighted by atomic mass is 16.5. The lowest BCUT2D eigenvalue weighted by Gasteiger charge is -2.19. The van der Waals surface area contributed by atoms with Gasteiger partial charge >= 0.3 is 12.0 Å².